The third-order valence-corrected chi connectivity index (χ3v) is 4.65. The minimum absolute atomic E-state index is 0.354. The monoisotopic (exact) mass is 398 g/mol. The first kappa shape index (κ1) is 20.2. The van der Waals surface area contributed by atoms with Crippen LogP contribution in [0.5, 0.6) is 17.2 Å². The molecule has 0 saturated carbocycles. The fraction of sp³-hybridized carbons (Fsp3) is 0.182. The van der Waals surface area contributed by atoms with E-state index in [9.17, 15) is 0 Å². The van der Waals surface area contributed by atoms with Gasteiger partial charge >= 0.3 is 8.60 Å². The smallest absolute Gasteiger partial charge is 0.397 e. The Morgan fingerprint density at radius 1 is 0.464 bits per heavy atom. The molecule has 0 fully saturated rings. The molecule has 3 rings (SSSR count). The first-order valence-electron chi connectivity index (χ1n) is 9.05. The Morgan fingerprint density at radius 3 is 1.29 bits per heavy atom. The van der Waals surface area contributed by atoms with E-state index in [-0.39, 0.29) is 0 Å². The van der Waals surface area contributed by atoms with Gasteiger partial charge in [0.15, 0.2) is 0 Å². The molecule has 3 aromatic rings. The van der Waals surface area contributed by atoms with E-state index in [2.05, 4.69) is 0 Å². The lowest BCUT2D eigenvalue weighted by Crippen LogP contribution is -2.10. The normalized spacial score (nSPS) is 10.6. The lowest BCUT2D eigenvalue weighted by Gasteiger charge is -2.17. The van der Waals surface area contributed by atoms with Gasteiger partial charge in [-0.1, -0.05) is 54.6 Å². The summed E-state index contributed by atoms with van der Waals surface area (Å²) in [6.07, 6.45) is 0. The lowest BCUT2D eigenvalue weighted by atomic mass is 10.3. The van der Waals surface area contributed by atoms with Gasteiger partial charge in [-0.25, -0.2) is 0 Å². The van der Waals surface area contributed by atoms with Crippen LogP contribution in [0, 0.1) is 0 Å². The zero-order chi connectivity index (χ0) is 19.3. The second-order valence-corrected chi connectivity index (χ2v) is 6.76. The summed E-state index contributed by atoms with van der Waals surface area (Å²) in [5, 5.41) is 0. The molecule has 0 saturated heterocycles. The first-order valence-corrected chi connectivity index (χ1v) is 10.1. The zero-order valence-corrected chi connectivity index (χ0v) is 16.4. The van der Waals surface area contributed by atoms with E-state index in [1.54, 1.807) is 0 Å². The molecule has 6 heteroatoms. The van der Waals surface area contributed by atoms with Crippen molar-refractivity contribution in [2.24, 2.45) is 0 Å². The van der Waals surface area contributed by atoms with Crippen molar-refractivity contribution in [1.82, 2.24) is 0 Å². The largest absolute Gasteiger partial charge is 0.491 e. The molecule has 0 amide bonds. The van der Waals surface area contributed by atoms with Crippen molar-refractivity contribution in [3.8, 4) is 17.2 Å². The van der Waals surface area contributed by atoms with Crippen LogP contribution in [0.3, 0.4) is 0 Å². The molecule has 0 atom stereocenters. The van der Waals surface area contributed by atoms with Gasteiger partial charge in [-0.15, -0.1) is 0 Å². The molecule has 0 aliphatic rings. The number of ether oxygens (including phenoxy) is 2. The van der Waals surface area contributed by atoms with Crippen LogP contribution in [0.4, 0.5) is 0 Å². The highest BCUT2D eigenvalue weighted by Gasteiger charge is 2.15. The van der Waals surface area contributed by atoms with E-state index >= 15 is 0 Å². The molecule has 0 unspecified atom stereocenters. The van der Waals surface area contributed by atoms with Crippen molar-refractivity contribution in [2.45, 2.75) is 0 Å². The SMILES string of the molecule is c1ccc(OCCOP(OCCOc2ccccc2)Oc2ccccc2)cc1. The third kappa shape index (κ3) is 7.57. The Kier molecular flexibility index (Phi) is 8.63. The van der Waals surface area contributed by atoms with Crippen molar-refractivity contribution in [3.05, 3.63) is 91.0 Å². The van der Waals surface area contributed by atoms with Crippen LogP contribution >= 0.6 is 8.60 Å². The van der Waals surface area contributed by atoms with Gasteiger partial charge in [-0.05, 0) is 36.4 Å². The number of benzene rings is 3. The van der Waals surface area contributed by atoms with E-state index < -0.39 is 8.60 Å². The summed E-state index contributed by atoms with van der Waals surface area (Å²) in [6, 6.07) is 28.7. The standard InChI is InChI=1S/C22H23O5P/c1-4-10-20(11-5-1)23-16-18-25-28(27-22-14-8-3-9-15-22)26-19-17-24-21-12-6-2-7-13-21/h1-15H,16-19H2. The highest BCUT2D eigenvalue weighted by atomic mass is 31.2. The minimum Gasteiger partial charge on any atom is -0.491 e. The highest BCUT2D eigenvalue weighted by molar-refractivity contribution is 7.42. The molecule has 3 aromatic carbocycles. The Bertz CT molecular complexity index is 723. The number of hydrogen-bond acceptors (Lipinski definition) is 5. The van der Waals surface area contributed by atoms with Crippen LogP contribution in [0.15, 0.2) is 91.0 Å². The first-order chi connectivity index (χ1) is 13.9. The molecular weight excluding hydrogens is 375 g/mol. The predicted octanol–water partition coefficient (Wildman–Crippen LogP) is 5.48. The Hall–Kier alpha value is -2.59. The summed E-state index contributed by atoms with van der Waals surface area (Å²) in [5.74, 6) is 2.30. The van der Waals surface area contributed by atoms with Gasteiger partial charge < -0.3 is 14.0 Å². The van der Waals surface area contributed by atoms with E-state index in [1.165, 1.54) is 0 Å². The van der Waals surface area contributed by atoms with E-state index in [0.29, 0.717) is 32.2 Å². The van der Waals surface area contributed by atoms with Gasteiger partial charge in [0.05, 0.1) is 13.2 Å². The van der Waals surface area contributed by atoms with Crippen molar-refractivity contribution in [1.29, 1.82) is 0 Å². The number of para-hydroxylation sites is 3. The Balaban J connectivity index is 1.42. The molecule has 0 radical (unpaired) electrons. The van der Waals surface area contributed by atoms with Crippen molar-refractivity contribution in [2.75, 3.05) is 26.4 Å². The van der Waals surface area contributed by atoms with E-state index in [0.717, 1.165) is 11.5 Å². The predicted molar refractivity (Wildman–Crippen MR) is 110 cm³/mol. The number of hydrogen-bond donors (Lipinski definition) is 0. The zero-order valence-electron chi connectivity index (χ0n) is 15.5. The van der Waals surface area contributed by atoms with E-state index in [1.807, 2.05) is 91.0 Å². The van der Waals surface area contributed by atoms with Gasteiger partial charge in [0.2, 0.25) is 0 Å². The maximum Gasteiger partial charge on any atom is 0.397 e. The summed E-state index contributed by atoms with van der Waals surface area (Å²) in [5.41, 5.74) is 0. The molecule has 0 aliphatic heterocycles. The topological polar surface area (TPSA) is 46.2 Å². The average molecular weight is 398 g/mol. The molecule has 0 heterocycles. The van der Waals surface area contributed by atoms with Crippen LogP contribution in [0.25, 0.3) is 0 Å². The molecule has 146 valence electrons. The fourth-order valence-electron chi connectivity index (χ4n) is 2.23. The van der Waals surface area contributed by atoms with Gasteiger partial charge in [0, 0.05) is 0 Å². The van der Waals surface area contributed by atoms with Crippen LogP contribution in [0.2, 0.25) is 0 Å². The summed E-state index contributed by atoms with van der Waals surface area (Å²) in [4.78, 5) is 0. The van der Waals surface area contributed by atoms with Gasteiger partial charge in [0.25, 0.3) is 0 Å². The number of rotatable bonds is 12. The molecule has 5 nitrogen and oxygen atoms in total. The van der Waals surface area contributed by atoms with Crippen molar-refractivity contribution >= 4 is 8.60 Å². The van der Waals surface area contributed by atoms with Crippen LogP contribution in [-0.2, 0) is 9.05 Å². The summed E-state index contributed by atoms with van der Waals surface area (Å²) >= 11 is 0. The molecule has 0 N–H and O–H groups in total. The van der Waals surface area contributed by atoms with Crippen LogP contribution in [-0.4, -0.2) is 26.4 Å². The maximum absolute atomic E-state index is 5.83. The van der Waals surface area contributed by atoms with E-state index in [4.69, 9.17) is 23.0 Å². The summed E-state index contributed by atoms with van der Waals surface area (Å²) in [6.45, 7) is 1.52. The van der Waals surface area contributed by atoms with Crippen LogP contribution < -0.4 is 14.0 Å². The third-order valence-electron chi connectivity index (χ3n) is 3.51. The Morgan fingerprint density at radius 2 is 0.857 bits per heavy atom. The molecule has 0 aromatic heterocycles. The van der Waals surface area contributed by atoms with Gasteiger partial charge in [-0.2, -0.15) is 0 Å². The van der Waals surface area contributed by atoms with Gasteiger partial charge in [0.1, 0.15) is 30.5 Å². The van der Waals surface area contributed by atoms with Crippen LogP contribution in [0.1, 0.15) is 0 Å². The van der Waals surface area contributed by atoms with Crippen molar-refractivity contribution in [3.63, 3.8) is 0 Å². The second kappa shape index (κ2) is 12.0. The summed E-state index contributed by atoms with van der Waals surface area (Å²) < 4.78 is 28.6. The molecule has 0 bridgehead atoms. The average Bonchev–Trinajstić information content (AvgIpc) is 2.76. The van der Waals surface area contributed by atoms with Crippen molar-refractivity contribution < 1.29 is 23.0 Å². The highest BCUT2D eigenvalue weighted by Crippen LogP contribution is 2.40. The molecule has 28 heavy (non-hydrogen) atoms. The minimum atomic E-state index is -1.56. The Labute approximate surface area is 166 Å². The second-order valence-electron chi connectivity index (χ2n) is 5.62. The molecule has 0 spiro atoms. The lowest BCUT2D eigenvalue weighted by molar-refractivity contribution is 0.152. The quantitative estimate of drug-likeness (QED) is 0.298. The molecular formula is C22H23O5P. The maximum atomic E-state index is 5.83. The fourth-order valence-corrected chi connectivity index (χ4v) is 3.15. The molecule has 0 aliphatic carbocycles. The summed E-state index contributed by atoms with van der Waals surface area (Å²) in [7, 11) is -1.56. The van der Waals surface area contributed by atoms with Gasteiger partial charge in [-0.3, -0.25) is 9.05 Å².